The fraction of sp³-hybridized carbons (Fsp3) is 0.143. The summed E-state index contributed by atoms with van der Waals surface area (Å²) in [6.07, 6.45) is 2.18. The molecule has 168 valence electrons. The van der Waals surface area contributed by atoms with Crippen LogP contribution in [0.2, 0.25) is 0 Å². The molecule has 0 unspecified atom stereocenters. The molecule has 0 fully saturated rings. The molecule has 0 aliphatic carbocycles. The van der Waals surface area contributed by atoms with Crippen LogP contribution in [0.5, 0.6) is 5.75 Å². The van der Waals surface area contributed by atoms with Crippen molar-refractivity contribution < 1.29 is 18.6 Å². The quantitative estimate of drug-likeness (QED) is 0.308. The number of benzene rings is 2. The molecule has 0 spiro atoms. The van der Waals surface area contributed by atoms with Gasteiger partial charge in [0.1, 0.15) is 17.3 Å². The molecule has 0 radical (unpaired) electrons. The number of hydrazone groups is 1. The molecule has 4 rings (SSSR count). The minimum absolute atomic E-state index is 0.0277. The van der Waals surface area contributed by atoms with Gasteiger partial charge in [0, 0.05) is 5.56 Å². The van der Waals surface area contributed by atoms with E-state index in [4.69, 9.17) is 10.5 Å². The van der Waals surface area contributed by atoms with Gasteiger partial charge in [-0.1, -0.05) is 24.3 Å². The maximum absolute atomic E-state index is 13.3. The average Bonchev–Trinajstić information content (AvgIpc) is 3.44. The molecule has 0 atom stereocenters. The van der Waals surface area contributed by atoms with Crippen LogP contribution in [-0.2, 0) is 0 Å². The van der Waals surface area contributed by atoms with E-state index < -0.39 is 11.7 Å². The van der Waals surface area contributed by atoms with Crippen molar-refractivity contribution in [2.45, 2.75) is 13.3 Å². The zero-order chi connectivity index (χ0) is 23.2. The fourth-order valence-corrected chi connectivity index (χ4v) is 2.91. The molecule has 0 bridgehead atoms. The van der Waals surface area contributed by atoms with E-state index in [1.54, 1.807) is 30.3 Å². The third kappa shape index (κ3) is 4.84. The molecule has 4 aromatic rings. The summed E-state index contributed by atoms with van der Waals surface area (Å²) in [5.74, 6) is -0.342. The minimum Gasteiger partial charge on any atom is -0.494 e. The molecule has 12 heteroatoms. The van der Waals surface area contributed by atoms with Gasteiger partial charge in [-0.15, -0.1) is 5.10 Å². The second-order valence-corrected chi connectivity index (χ2v) is 6.80. The number of nitrogen functional groups attached to an aromatic ring is 1. The maximum atomic E-state index is 13.3. The van der Waals surface area contributed by atoms with Crippen LogP contribution in [-0.4, -0.2) is 44.0 Å². The second-order valence-electron chi connectivity index (χ2n) is 6.80. The predicted molar refractivity (Wildman–Crippen MR) is 116 cm³/mol. The molecule has 0 aliphatic rings. The van der Waals surface area contributed by atoms with Crippen LogP contribution < -0.4 is 15.9 Å². The lowest BCUT2D eigenvalue weighted by Gasteiger charge is -2.08. The number of halogens is 1. The Morgan fingerprint density at radius 2 is 2.09 bits per heavy atom. The lowest BCUT2D eigenvalue weighted by molar-refractivity contribution is 0.0950. The van der Waals surface area contributed by atoms with Crippen molar-refractivity contribution in [3.05, 3.63) is 65.6 Å². The highest BCUT2D eigenvalue weighted by Crippen LogP contribution is 2.28. The van der Waals surface area contributed by atoms with Crippen molar-refractivity contribution in [1.82, 2.24) is 30.7 Å². The van der Waals surface area contributed by atoms with E-state index in [9.17, 15) is 9.18 Å². The van der Waals surface area contributed by atoms with E-state index in [1.165, 1.54) is 29.1 Å². The Kier molecular flexibility index (Phi) is 6.34. The molecule has 11 nitrogen and oxygen atoms in total. The Morgan fingerprint density at radius 1 is 1.27 bits per heavy atom. The van der Waals surface area contributed by atoms with Crippen molar-refractivity contribution >= 4 is 17.9 Å². The van der Waals surface area contributed by atoms with Crippen molar-refractivity contribution in [1.29, 1.82) is 0 Å². The van der Waals surface area contributed by atoms with Crippen LogP contribution in [0.1, 0.15) is 29.4 Å². The number of hydrogen-bond acceptors (Lipinski definition) is 9. The number of anilines is 1. The zero-order valence-electron chi connectivity index (χ0n) is 17.5. The van der Waals surface area contributed by atoms with Crippen LogP contribution in [0.4, 0.5) is 10.2 Å². The lowest BCUT2D eigenvalue weighted by Crippen LogP contribution is -2.19. The number of rotatable bonds is 8. The molecule has 2 aromatic carbocycles. The van der Waals surface area contributed by atoms with Gasteiger partial charge in [-0.2, -0.15) is 9.78 Å². The van der Waals surface area contributed by atoms with Crippen LogP contribution >= 0.6 is 0 Å². The number of hydrogen-bond donors (Lipinski definition) is 2. The standard InChI is InChI=1S/C21H19FN8O3/c1-2-10-32-16-8-6-14(7-9-16)18-17(25-29-30(18)20-19(23)27-33-28-20)21(31)26-24-12-13-4-3-5-15(22)11-13/h3-9,11-12H,2,10H2,1H3,(H2,23,27)(H,26,31). The Morgan fingerprint density at radius 3 is 2.79 bits per heavy atom. The number of nitrogens with one attached hydrogen (secondary N) is 1. The first-order valence-corrected chi connectivity index (χ1v) is 9.93. The van der Waals surface area contributed by atoms with Crippen molar-refractivity contribution in [3.63, 3.8) is 0 Å². The monoisotopic (exact) mass is 450 g/mol. The van der Waals surface area contributed by atoms with Crippen LogP contribution in [0.3, 0.4) is 0 Å². The van der Waals surface area contributed by atoms with E-state index in [-0.39, 0.29) is 23.0 Å². The van der Waals surface area contributed by atoms with E-state index >= 15 is 0 Å². The Balaban J connectivity index is 1.66. The number of amides is 1. The Bertz CT molecular complexity index is 1280. The second kappa shape index (κ2) is 9.68. The fourth-order valence-electron chi connectivity index (χ4n) is 2.91. The number of nitrogens with zero attached hydrogens (tertiary/aromatic N) is 6. The highest BCUT2D eigenvalue weighted by molar-refractivity contribution is 5.98. The molecular weight excluding hydrogens is 431 g/mol. The van der Waals surface area contributed by atoms with E-state index in [0.717, 1.165) is 6.42 Å². The number of carbonyl (C=O) groups is 1. The van der Waals surface area contributed by atoms with Gasteiger partial charge in [0.25, 0.3) is 5.91 Å². The summed E-state index contributed by atoms with van der Waals surface area (Å²) >= 11 is 0. The van der Waals surface area contributed by atoms with Crippen molar-refractivity contribution in [2.24, 2.45) is 5.10 Å². The van der Waals surface area contributed by atoms with Gasteiger partial charge in [0.15, 0.2) is 5.69 Å². The van der Waals surface area contributed by atoms with E-state index in [0.29, 0.717) is 23.5 Å². The first-order chi connectivity index (χ1) is 16.1. The Hall–Kier alpha value is -4.61. The Labute approximate surface area is 187 Å². The molecule has 0 aliphatic heterocycles. The van der Waals surface area contributed by atoms with Gasteiger partial charge in [0.2, 0.25) is 11.6 Å². The third-order valence-corrected chi connectivity index (χ3v) is 4.41. The molecule has 1 amide bonds. The zero-order valence-corrected chi connectivity index (χ0v) is 17.5. The first kappa shape index (κ1) is 21.6. The van der Waals surface area contributed by atoms with Crippen molar-refractivity contribution in [3.8, 4) is 22.8 Å². The van der Waals surface area contributed by atoms with Gasteiger partial charge >= 0.3 is 0 Å². The van der Waals surface area contributed by atoms with Crippen LogP contribution in [0, 0.1) is 5.82 Å². The summed E-state index contributed by atoms with van der Waals surface area (Å²) in [5, 5.41) is 19.1. The summed E-state index contributed by atoms with van der Waals surface area (Å²) in [6.45, 7) is 2.59. The molecule has 2 aromatic heterocycles. The number of aromatic nitrogens is 5. The molecule has 0 saturated heterocycles. The molecular formula is C21H19FN8O3. The molecule has 0 saturated carbocycles. The van der Waals surface area contributed by atoms with Gasteiger partial charge in [-0.3, -0.25) is 4.79 Å². The highest BCUT2D eigenvalue weighted by atomic mass is 19.1. The third-order valence-electron chi connectivity index (χ3n) is 4.41. The smallest absolute Gasteiger partial charge is 0.294 e. The van der Waals surface area contributed by atoms with Gasteiger partial charge in [0.05, 0.1) is 12.8 Å². The van der Waals surface area contributed by atoms with Gasteiger partial charge in [-0.25, -0.2) is 14.4 Å². The number of nitrogens with two attached hydrogens (primary N) is 1. The lowest BCUT2D eigenvalue weighted by atomic mass is 10.1. The highest BCUT2D eigenvalue weighted by Gasteiger charge is 2.25. The van der Waals surface area contributed by atoms with Crippen molar-refractivity contribution in [2.75, 3.05) is 12.3 Å². The summed E-state index contributed by atoms with van der Waals surface area (Å²) in [7, 11) is 0. The summed E-state index contributed by atoms with van der Waals surface area (Å²) in [5.41, 5.74) is 9.48. The normalized spacial score (nSPS) is 11.1. The molecule has 3 N–H and O–H groups in total. The summed E-state index contributed by atoms with van der Waals surface area (Å²) in [6, 6.07) is 12.8. The first-order valence-electron chi connectivity index (χ1n) is 9.93. The SMILES string of the molecule is CCCOc1ccc(-c2c(C(=O)NN=Cc3cccc(F)c3)nnn2-c2nonc2N)cc1. The topological polar surface area (TPSA) is 146 Å². The van der Waals surface area contributed by atoms with E-state index in [2.05, 4.69) is 35.8 Å². The predicted octanol–water partition coefficient (Wildman–Crippen LogP) is 2.59. The molecule has 33 heavy (non-hydrogen) atoms. The number of ether oxygens (including phenoxy) is 1. The number of carbonyl (C=O) groups excluding carboxylic acids is 1. The van der Waals surface area contributed by atoms with Gasteiger partial charge in [-0.05, 0) is 58.7 Å². The average molecular weight is 450 g/mol. The minimum atomic E-state index is -0.648. The van der Waals surface area contributed by atoms with Gasteiger partial charge < -0.3 is 10.5 Å². The molecule has 2 heterocycles. The van der Waals surface area contributed by atoms with E-state index in [1.807, 2.05) is 6.92 Å². The largest absolute Gasteiger partial charge is 0.494 e. The summed E-state index contributed by atoms with van der Waals surface area (Å²) in [4.78, 5) is 12.8. The van der Waals surface area contributed by atoms with Crippen LogP contribution in [0.25, 0.3) is 17.1 Å². The van der Waals surface area contributed by atoms with Crippen LogP contribution in [0.15, 0.2) is 58.3 Å². The summed E-state index contributed by atoms with van der Waals surface area (Å²) < 4.78 is 24.8. The maximum Gasteiger partial charge on any atom is 0.294 e.